The molecule has 0 radical (unpaired) electrons. The van der Waals surface area contributed by atoms with E-state index in [1.54, 1.807) is 0 Å². The molecule has 1 atom stereocenters. The van der Waals surface area contributed by atoms with E-state index in [1.807, 2.05) is 48.3 Å². The van der Waals surface area contributed by atoms with Gasteiger partial charge < -0.3 is 9.80 Å². The summed E-state index contributed by atoms with van der Waals surface area (Å²) in [6.45, 7) is 4.18. The SMILES string of the molecule is CN1C(=O)[C@H](Cc2ccccc2)N(/C=C/c2ccccc2)C1(C)C. The van der Waals surface area contributed by atoms with Gasteiger partial charge in [-0.1, -0.05) is 60.7 Å². The smallest absolute Gasteiger partial charge is 0.247 e. The number of rotatable bonds is 4. The second kappa shape index (κ2) is 6.52. The molecule has 1 aliphatic heterocycles. The van der Waals surface area contributed by atoms with Crippen LogP contribution in [-0.4, -0.2) is 34.5 Å². The minimum absolute atomic E-state index is 0.168. The van der Waals surface area contributed by atoms with Crippen LogP contribution in [0.2, 0.25) is 0 Å². The van der Waals surface area contributed by atoms with Crippen LogP contribution in [0.4, 0.5) is 0 Å². The molecule has 1 aliphatic rings. The van der Waals surface area contributed by atoms with Crippen LogP contribution < -0.4 is 0 Å². The summed E-state index contributed by atoms with van der Waals surface area (Å²) in [4.78, 5) is 16.8. The van der Waals surface area contributed by atoms with Gasteiger partial charge in [0, 0.05) is 19.7 Å². The molecule has 1 saturated heterocycles. The van der Waals surface area contributed by atoms with E-state index in [0.29, 0.717) is 6.42 Å². The molecule has 0 bridgehead atoms. The Balaban J connectivity index is 1.89. The molecule has 3 nitrogen and oxygen atoms in total. The highest BCUT2D eigenvalue weighted by molar-refractivity contribution is 5.85. The van der Waals surface area contributed by atoms with E-state index in [4.69, 9.17) is 0 Å². The van der Waals surface area contributed by atoms with Gasteiger partial charge in [0.25, 0.3) is 0 Å². The van der Waals surface area contributed by atoms with Crippen molar-refractivity contribution in [2.75, 3.05) is 7.05 Å². The van der Waals surface area contributed by atoms with E-state index in [-0.39, 0.29) is 17.6 Å². The summed E-state index contributed by atoms with van der Waals surface area (Å²) in [5.74, 6) is 0.168. The maximum Gasteiger partial charge on any atom is 0.247 e. The fraction of sp³-hybridized carbons (Fsp3) is 0.286. The molecule has 2 aromatic carbocycles. The highest BCUT2D eigenvalue weighted by Gasteiger charge is 2.47. The van der Waals surface area contributed by atoms with Crippen molar-refractivity contribution in [1.29, 1.82) is 0 Å². The first-order valence-corrected chi connectivity index (χ1v) is 8.33. The van der Waals surface area contributed by atoms with Crippen molar-refractivity contribution < 1.29 is 4.79 Å². The fourth-order valence-corrected chi connectivity index (χ4v) is 3.21. The predicted octanol–water partition coefficient (Wildman–Crippen LogP) is 3.78. The molecule has 0 aromatic heterocycles. The number of carbonyl (C=O) groups is 1. The molecule has 3 rings (SSSR count). The van der Waals surface area contributed by atoms with E-state index in [1.165, 1.54) is 5.56 Å². The molecule has 1 heterocycles. The van der Waals surface area contributed by atoms with Crippen LogP contribution in [0.1, 0.15) is 25.0 Å². The first-order chi connectivity index (χ1) is 11.5. The molecule has 0 spiro atoms. The Hall–Kier alpha value is -2.55. The van der Waals surface area contributed by atoms with Crippen LogP contribution in [0, 0.1) is 0 Å². The third-order valence-electron chi connectivity index (χ3n) is 4.90. The van der Waals surface area contributed by atoms with Crippen LogP contribution in [0.25, 0.3) is 6.08 Å². The number of hydrogen-bond acceptors (Lipinski definition) is 2. The van der Waals surface area contributed by atoms with Gasteiger partial charge in [0.05, 0.1) is 0 Å². The van der Waals surface area contributed by atoms with Gasteiger partial charge in [0.15, 0.2) is 0 Å². The van der Waals surface area contributed by atoms with E-state index in [9.17, 15) is 4.79 Å². The quantitative estimate of drug-likeness (QED) is 0.856. The Kier molecular flexibility index (Phi) is 4.43. The maximum absolute atomic E-state index is 12.8. The number of amides is 1. The Bertz CT molecular complexity index is 722. The summed E-state index contributed by atoms with van der Waals surface area (Å²) in [5.41, 5.74) is 1.97. The highest BCUT2D eigenvalue weighted by Crippen LogP contribution is 2.32. The lowest BCUT2D eigenvalue weighted by atomic mass is 10.0. The van der Waals surface area contributed by atoms with Gasteiger partial charge in [-0.05, 0) is 31.1 Å². The normalized spacial score (nSPS) is 20.1. The minimum Gasteiger partial charge on any atom is -0.343 e. The van der Waals surface area contributed by atoms with Crippen molar-refractivity contribution in [1.82, 2.24) is 9.80 Å². The Labute approximate surface area is 144 Å². The molecule has 0 unspecified atom stereocenters. The zero-order valence-electron chi connectivity index (χ0n) is 14.5. The Morgan fingerprint density at radius 2 is 1.58 bits per heavy atom. The zero-order chi connectivity index (χ0) is 17.2. The summed E-state index contributed by atoms with van der Waals surface area (Å²) >= 11 is 0. The van der Waals surface area contributed by atoms with Crippen molar-refractivity contribution in [3.63, 3.8) is 0 Å². The van der Waals surface area contributed by atoms with Crippen molar-refractivity contribution in [2.24, 2.45) is 0 Å². The third kappa shape index (κ3) is 3.07. The van der Waals surface area contributed by atoms with Gasteiger partial charge >= 0.3 is 0 Å². The highest BCUT2D eigenvalue weighted by atomic mass is 16.2. The largest absolute Gasteiger partial charge is 0.343 e. The monoisotopic (exact) mass is 320 g/mol. The number of likely N-dealkylation sites (N-methyl/N-ethyl adjacent to an activating group) is 1. The van der Waals surface area contributed by atoms with E-state index in [2.05, 4.69) is 55.3 Å². The van der Waals surface area contributed by atoms with Crippen LogP contribution in [0.5, 0.6) is 0 Å². The van der Waals surface area contributed by atoms with Gasteiger partial charge in [0.1, 0.15) is 11.7 Å². The van der Waals surface area contributed by atoms with E-state index < -0.39 is 0 Å². The van der Waals surface area contributed by atoms with Crippen LogP contribution in [0.15, 0.2) is 66.9 Å². The van der Waals surface area contributed by atoms with Gasteiger partial charge in [0.2, 0.25) is 5.91 Å². The van der Waals surface area contributed by atoms with Crippen LogP contribution in [0.3, 0.4) is 0 Å². The van der Waals surface area contributed by atoms with Crippen molar-refractivity contribution in [3.8, 4) is 0 Å². The summed E-state index contributed by atoms with van der Waals surface area (Å²) in [6.07, 6.45) is 4.85. The molecule has 124 valence electrons. The predicted molar refractivity (Wildman–Crippen MR) is 98.1 cm³/mol. The lowest BCUT2D eigenvalue weighted by molar-refractivity contribution is -0.129. The molecule has 3 heteroatoms. The van der Waals surface area contributed by atoms with E-state index in [0.717, 1.165) is 5.56 Å². The third-order valence-corrected chi connectivity index (χ3v) is 4.90. The number of hydrogen-bond donors (Lipinski definition) is 0. The topological polar surface area (TPSA) is 23.6 Å². The number of carbonyl (C=O) groups excluding carboxylic acids is 1. The van der Waals surface area contributed by atoms with E-state index >= 15 is 0 Å². The maximum atomic E-state index is 12.8. The molecular formula is C21H24N2O. The van der Waals surface area contributed by atoms with Crippen molar-refractivity contribution in [2.45, 2.75) is 32.0 Å². The van der Waals surface area contributed by atoms with Gasteiger partial charge in [-0.25, -0.2) is 0 Å². The van der Waals surface area contributed by atoms with Crippen molar-refractivity contribution in [3.05, 3.63) is 78.0 Å². The van der Waals surface area contributed by atoms with Gasteiger partial charge in [-0.15, -0.1) is 0 Å². The van der Waals surface area contributed by atoms with Gasteiger partial charge in [-0.2, -0.15) is 0 Å². The summed E-state index contributed by atoms with van der Waals surface area (Å²) < 4.78 is 0. The molecule has 1 fully saturated rings. The molecule has 0 aliphatic carbocycles. The second-order valence-corrected chi connectivity index (χ2v) is 6.73. The molecule has 1 amide bonds. The average Bonchev–Trinajstić information content (AvgIpc) is 2.75. The summed E-state index contributed by atoms with van der Waals surface area (Å²) in [7, 11) is 1.89. The second-order valence-electron chi connectivity index (χ2n) is 6.73. The number of benzene rings is 2. The molecule has 24 heavy (non-hydrogen) atoms. The molecular weight excluding hydrogens is 296 g/mol. The lowest BCUT2D eigenvalue weighted by Gasteiger charge is -2.36. The fourth-order valence-electron chi connectivity index (χ4n) is 3.21. The number of nitrogens with zero attached hydrogens (tertiary/aromatic N) is 2. The zero-order valence-corrected chi connectivity index (χ0v) is 14.5. The first-order valence-electron chi connectivity index (χ1n) is 8.33. The molecule has 2 aromatic rings. The van der Waals surface area contributed by atoms with Crippen LogP contribution in [-0.2, 0) is 11.2 Å². The average molecular weight is 320 g/mol. The molecule has 0 N–H and O–H groups in total. The standard InChI is InChI=1S/C21H24N2O/c1-21(2)22(3)20(24)19(16-18-12-8-5-9-13-18)23(21)15-14-17-10-6-4-7-11-17/h4-15,19H,16H2,1-3H3/b15-14+/t19-/m0/s1. The Morgan fingerprint density at radius 1 is 1.00 bits per heavy atom. The van der Waals surface area contributed by atoms with Crippen LogP contribution >= 0.6 is 0 Å². The summed E-state index contributed by atoms with van der Waals surface area (Å²) in [5, 5.41) is 0. The minimum atomic E-state index is -0.345. The molecule has 0 saturated carbocycles. The Morgan fingerprint density at radius 3 is 2.21 bits per heavy atom. The first kappa shape index (κ1) is 16.3. The van der Waals surface area contributed by atoms with Crippen molar-refractivity contribution >= 4 is 12.0 Å². The van der Waals surface area contributed by atoms with Gasteiger partial charge in [-0.3, -0.25) is 4.79 Å². The lowest BCUT2D eigenvalue weighted by Crippen LogP contribution is -2.45. The summed E-state index contributed by atoms with van der Waals surface area (Å²) in [6, 6.07) is 20.2.